The molecule has 3 amide bonds. The second-order valence-corrected chi connectivity index (χ2v) is 4.30. The molecule has 0 unspecified atom stereocenters. The van der Waals surface area contributed by atoms with Crippen molar-refractivity contribution in [1.82, 2.24) is 20.5 Å². The molecule has 1 rings (SSSR count). The lowest BCUT2D eigenvalue weighted by Crippen LogP contribution is -2.39. The Labute approximate surface area is 121 Å². The van der Waals surface area contributed by atoms with Gasteiger partial charge in [-0.1, -0.05) is 5.16 Å². The predicted molar refractivity (Wildman–Crippen MR) is 76.2 cm³/mol. The summed E-state index contributed by atoms with van der Waals surface area (Å²) in [6, 6.07) is 2.75. The number of rotatable bonds is 5. The molecule has 0 aliphatic carbocycles. The van der Waals surface area contributed by atoms with Gasteiger partial charge >= 0.3 is 6.03 Å². The Morgan fingerprint density at radius 1 is 1.33 bits per heavy atom. The van der Waals surface area contributed by atoms with Crippen molar-refractivity contribution in [2.24, 2.45) is 10.9 Å². The number of carbonyl (C=O) groups is 2. The molecule has 9 nitrogen and oxygen atoms in total. The van der Waals surface area contributed by atoms with E-state index in [4.69, 9.17) is 10.9 Å². The normalized spacial score (nSPS) is 10.9. The van der Waals surface area contributed by atoms with Crippen molar-refractivity contribution >= 4 is 17.8 Å². The van der Waals surface area contributed by atoms with E-state index in [1.807, 2.05) is 0 Å². The summed E-state index contributed by atoms with van der Waals surface area (Å²) in [5, 5.41) is 16.6. The van der Waals surface area contributed by atoms with Crippen LogP contribution in [0.3, 0.4) is 0 Å². The van der Waals surface area contributed by atoms with Gasteiger partial charge in [-0.25, -0.2) is 4.79 Å². The highest BCUT2D eigenvalue weighted by Crippen LogP contribution is 2.00. The van der Waals surface area contributed by atoms with Crippen molar-refractivity contribution in [2.45, 2.75) is 0 Å². The number of nitrogens with two attached hydrogens (primary N) is 1. The third kappa shape index (κ3) is 4.97. The molecule has 9 heteroatoms. The van der Waals surface area contributed by atoms with Gasteiger partial charge in [0.15, 0.2) is 5.84 Å². The zero-order valence-corrected chi connectivity index (χ0v) is 11.8. The van der Waals surface area contributed by atoms with Crippen LogP contribution in [-0.4, -0.2) is 60.0 Å². The number of hydrogen-bond acceptors (Lipinski definition) is 5. The van der Waals surface area contributed by atoms with Gasteiger partial charge < -0.3 is 26.5 Å². The lowest BCUT2D eigenvalue weighted by Gasteiger charge is -2.12. The SMILES string of the molecule is CN(C)C(=O)NCCNC(=O)c1ccc(/C(N)=N/O)cn1. The fraction of sp³-hybridized carbons (Fsp3) is 0.333. The average molecular weight is 294 g/mol. The minimum Gasteiger partial charge on any atom is -0.409 e. The first-order valence-electron chi connectivity index (χ1n) is 6.13. The van der Waals surface area contributed by atoms with Crippen LogP contribution in [0.4, 0.5) is 4.79 Å². The van der Waals surface area contributed by atoms with E-state index in [-0.39, 0.29) is 30.0 Å². The predicted octanol–water partition coefficient (Wildman–Crippen LogP) is -0.823. The molecule has 0 bridgehead atoms. The van der Waals surface area contributed by atoms with Crippen LogP contribution in [0.5, 0.6) is 0 Å². The number of urea groups is 1. The van der Waals surface area contributed by atoms with Crippen LogP contribution >= 0.6 is 0 Å². The zero-order valence-electron chi connectivity index (χ0n) is 11.8. The van der Waals surface area contributed by atoms with Gasteiger partial charge in [0.25, 0.3) is 5.91 Å². The number of nitrogens with one attached hydrogen (secondary N) is 2. The summed E-state index contributed by atoms with van der Waals surface area (Å²) in [5.74, 6) is -0.457. The largest absolute Gasteiger partial charge is 0.409 e. The molecule has 0 aliphatic heterocycles. The van der Waals surface area contributed by atoms with Crippen molar-refractivity contribution in [2.75, 3.05) is 27.2 Å². The minimum absolute atomic E-state index is 0.0825. The molecule has 0 radical (unpaired) electrons. The van der Waals surface area contributed by atoms with E-state index in [0.29, 0.717) is 12.1 Å². The van der Waals surface area contributed by atoms with Crippen molar-refractivity contribution in [3.63, 3.8) is 0 Å². The van der Waals surface area contributed by atoms with Crippen LogP contribution in [-0.2, 0) is 0 Å². The van der Waals surface area contributed by atoms with Crippen LogP contribution in [0.25, 0.3) is 0 Å². The Bertz CT molecular complexity index is 526. The third-order valence-corrected chi connectivity index (χ3v) is 2.49. The number of aromatic nitrogens is 1. The summed E-state index contributed by atoms with van der Waals surface area (Å²) < 4.78 is 0. The second-order valence-electron chi connectivity index (χ2n) is 4.30. The van der Waals surface area contributed by atoms with Crippen LogP contribution in [0.2, 0.25) is 0 Å². The van der Waals surface area contributed by atoms with Gasteiger partial charge in [-0.3, -0.25) is 9.78 Å². The van der Waals surface area contributed by atoms with E-state index in [0.717, 1.165) is 0 Å². The maximum atomic E-state index is 11.8. The summed E-state index contributed by atoms with van der Waals surface area (Å²) in [5.41, 5.74) is 5.99. The van der Waals surface area contributed by atoms with Crippen LogP contribution in [0.15, 0.2) is 23.5 Å². The minimum atomic E-state index is -0.375. The van der Waals surface area contributed by atoms with E-state index in [9.17, 15) is 9.59 Å². The number of carbonyl (C=O) groups excluding carboxylic acids is 2. The van der Waals surface area contributed by atoms with Gasteiger partial charge in [-0.2, -0.15) is 0 Å². The lowest BCUT2D eigenvalue weighted by atomic mass is 10.2. The average Bonchev–Trinajstić information content (AvgIpc) is 2.50. The molecule has 0 saturated heterocycles. The Hall–Kier alpha value is -2.84. The molecule has 0 fully saturated rings. The molecule has 114 valence electrons. The summed E-state index contributed by atoms with van der Waals surface area (Å²) in [7, 11) is 3.25. The van der Waals surface area contributed by atoms with Gasteiger partial charge in [0, 0.05) is 38.9 Å². The highest BCUT2D eigenvalue weighted by molar-refractivity contribution is 5.98. The fourth-order valence-electron chi connectivity index (χ4n) is 1.33. The number of oxime groups is 1. The standard InChI is InChI=1S/C12H18N6O3/c1-18(2)12(20)15-6-5-14-11(19)9-4-3-8(7-16-9)10(13)17-21/h3-4,7,21H,5-6H2,1-2H3,(H2,13,17)(H,14,19)(H,15,20). The summed E-state index contributed by atoms with van der Waals surface area (Å²) in [6.45, 7) is 0.590. The molecule has 5 N–H and O–H groups in total. The smallest absolute Gasteiger partial charge is 0.316 e. The molecule has 0 saturated carbocycles. The molecule has 1 aromatic heterocycles. The first-order valence-corrected chi connectivity index (χ1v) is 6.13. The van der Waals surface area contributed by atoms with Crippen molar-refractivity contribution < 1.29 is 14.8 Å². The van der Waals surface area contributed by atoms with Gasteiger partial charge in [0.2, 0.25) is 0 Å². The third-order valence-electron chi connectivity index (χ3n) is 2.49. The van der Waals surface area contributed by atoms with Crippen LogP contribution in [0.1, 0.15) is 16.1 Å². The first-order chi connectivity index (χ1) is 9.95. The molecule has 0 spiro atoms. The van der Waals surface area contributed by atoms with E-state index < -0.39 is 0 Å². The molecule has 1 aromatic rings. The number of nitrogens with zero attached hydrogens (tertiary/aromatic N) is 3. The van der Waals surface area contributed by atoms with E-state index in [1.54, 1.807) is 14.1 Å². The van der Waals surface area contributed by atoms with Crippen LogP contribution < -0.4 is 16.4 Å². The van der Waals surface area contributed by atoms with Crippen molar-refractivity contribution in [3.8, 4) is 0 Å². The number of amides is 3. The highest BCUT2D eigenvalue weighted by atomic mass is 16.4. The number of amidine groups is 1. The molecule has 0 aromatic carbocycles. The van der Waals surface area contributed by atoms with E-state index in [2.05, 4.69) is 20.8 Å². The summed E-state index contributed by atoms with van der Waals surface area (Å²) in [6.07, 6.45) is 1.33. The highest BCUT2D eigenvalue weighted by Gasteiger charge is 2.08. The number of pyridine rings is 1. The molecular weight excluding hydrogens is 276 g/mol. The molecule has 0 aliphatic rings. The summed E-state index contributed by atoms with van der Waals surface area (Å²) >= 11 is 0. The maximum Gasteiger partial charge on any atom is 0.316 e. The van der Waals surface area contributed by atoms with E-state index in [1.165, 1.54) is 23.2 Å². The topological polar surface area (TPSA) is 133 Å². The molecule has 0 atom stereocenters. The maximum absolute atomic E-state index is 11.8. The fourth-order valence-corrected chi connectivity index (χ4v) is 1.33. The monoisotopic (exact) mass is 294 g/mol. The van der Waals surface area contributed by atoms with Gasteiger partial charge in [0.1, 0.15) is 5.69 Å². The number of hydrogen-bond donors (Lipinski definition) is 4. The molecular formula is C12H18N6O3. The first kappa shape index (κ1) is 16.2. The lowest BCUT2D eigenvalue weighted by molar-refractivity contribution is 0.0948. The van der Waals surface area contributed by atoms with Gasteiger partial charge in [-0.15, -0.1) is 0 Å². The van der Waals surface area contributed by atoms with Crippen molar-refractivity contribution in [1.29, 1.82) is 0 Å². The quantitative estimate of drug-likeness (QED) is 0.185. The van der Waals surface area contributed by atoms with Gasteiger partial charge in [0.05, 0.1) is 0 Å². The second kappa shape index (κ2) is 7.68. The van der Waals surface area contributed by atoms with Crippen molar-refractivity contribution in [3.05, 3.63) is 29.6 Å². The Morgan fingerprint density at radius 2 is 2.00 bits per heavy atom. The van der Waals surface area contributed by atoms with Crippen LogP contribution in [0, 0.1) is 0 Å². The van der Waals surface area contributed by atoms with Gasteiger partial charge in [-0.05, 0) is 12.1 Å². The Kier molecular flexibility index (Phi) is 5.93. The molecule has 21 heavy (non-hydrogen) atoms. The summed E-state index contributed by atoms with van der Waals surface area (Å²) in [4.78, 5) is 28.3. The van der Waals surface area contributed by atoms with E-state index >= 15 is 0 Å². The Balaban J connectivity index is 2.44. The zero-order chi connectivity index (χ0) is 15.8. The molecule has 1 heterocycles. The Morgan fingerprint density at radius 3 is 2.52 bits per heavy atom.